The van der Waals surface area contributed by atoms with E-state index in [1.165, 1.54) is 20.0 Å². The average molecular weight is 409 g/mol. The Kier molecular flexibility index (Phi) is 8.07. The summed E-state index contributed by atoms with van der Waals surface area (Å²) in [7, 11) is -2.49. The summed E-state index contributed by atoms with van der Waals surface area (Å²) in [6.45, 7) is 3.09. The maximum absolute atomic E-state index is 12.7. The number of amides is 2. The molecule has 1 aromatic rings. The first kappa shape index (κ1) is 22.4. The van der Waals surface area contributed by atoms with E-state index in [-0.39, 0.29) is 53.1 Å². The van der Waals surface area contributed by atoms with Gasteiger partial charge in [0.25, 0.3) is 15.9 Å². The van der Waals surface area contributed by atoms with Crippen LogP contribution in [0.2, 0.25) is 0 Å². The Labute approximate surface area is 159 Å². The van der Waals surface area contributed by atoms with Gasteiger partial charge in [-0.1, -0.05) is 0 Å². The van der Waals surface area contributed by atoms with Gasteiger partial charge < -0.3 is 20.4 Å². The number of likely N-dealkylation sites (tertiary alicyclic amines) is 1. The molecule has 1 aromatic heterocycles. The summed E-state index contributed by atoms with van der Waals surface area (Å²) in [6.07, 6.45) is 1.40. The Balaban J connectivity index is 0.00000338. The van der Waals surface area contributed by atoms with Crippen LogP contribution in [-0.4, -0.2) is 58.4 Å². The molecule has 0 radical (unpaired) electrons. The number of piperidine rings is 1. The van der Waals surface area contributed by atoms with Crippen LogP contribution in [0.1, 0.15) is 29.0 Å². The van der Waals surface area contributed by atoms with Crippen LogP contribution in [0.15, 0.2) is 15.6 Å². The van der Waals surface area contributed by atoms with Gasteiger partial charge in [-0.05, 0) is 26.8 Å². The van der Waals surface area contributed by atoms with E-state index in [9.17, 15) is 18.0 Å². The number of halogens is 1. The Bertz CT molecular complexity index is 749. The third-order valence-corrected chi connectivity index (χ3v) is 5.45. The number of carbonyl (C=O) groups excluding carboxylic acids is 2. The molecular formula is C15H25ClN4O5S. The number of sulfonamides is 1. The molecule has 1 unspecified atom stereocenters. The van der Waals surface area contributed by atoms with E-state index in [0.717, 1.165) is 0 Å². The highest BCUT2D eigenvalue weighted by Gasteiger charge is 2.31. The van der Waals surface area contributed by atoms with Gasteiger partial charge in [-0.15, -0.1) is 12.4 Å². The van der Waals surface area contributed by atoms with Crippen LogP contribution in [0.25, 0.3) is 0 Å². The van der Waals surface area contributed by atoms with Gasteiger partial charge in [-0.2, -0.15) is 0 Å². The second kappa shape index (κ2) is 9.36. The Morgan fingerprint density at radius 2 is 2.12 bits per heavy atom. The molecule has 1 aliphatic rings. The largest absolute Gasteiger partial charge is 0.448 e. The molecule has 0 aliphatic carbocycles. The molecule has 148 valence electrons. The summed E-state index contributed by atoms with van der Waals surface area (Å²) in [5.41, 5.74) is 5.57. The molecule has 9 nitrogen and oxygen atoms in total. The van der Waals surface area contributed by atoms with Gasteiger partial charge in [-0.3, -0.25) is 9.59 Å². The van der Waals surface area contributed by atoms with Crippen molar-refractivity contribution in [2.45, 2.75) is 24.9 Å². The molecule has 1 aliphatic heterocycles. The van der Waals surface area contributed by atoms with Crippen molar-refractivity contribution in [1.82, 2.24) is 14.9 Å². The van der Waals surface area contributed by atoms with Crippen LogP contribution in [-0.2, 0) is 14.8 Å². The molecule has 11 heteroatoms. The molecule has 1 fully saturated rings. The van der Waals surface area contributed by atoms with E-state index in [1.54, 1.807) is 4.90 Å². The first-order valence-electron chi connectivity index (χ1n) is 8.11. The van der Waals surface area contributed by atoms with Gasteiger partial charge in [0.2, 0.25) is 11.0 Å². The number of nitrogens with one attached hydrogen (secondary N) is 2. The number of hydrogen-bond acceptors (Lipinski definition) is 6. The summed E-state index contributed by atoms with van der Waals surface area (Å²) in [4.78, 5) is 26.4. The van der Waals surface area contributed by atoms with Crippen LogP contribution in [0.5, 0.6) is 0 Å². The fraction of sp³-hybridized carbons (Fsp3) is 0.600. The molecule has 0 aromatic carbocycles. The van der Waals surface area contributed by atoms with Crippen LogP contribution in [0.3, 0.4) is 0 Å². The Morgan fingerprint density at radius 1 is 1.42 bits per heavy atom. The van der Waals surface area contributed by atoms with Crippen molar-refractivity contribution in [3.63, 3.8) is 0 Å². The fourth-order valence-electron chi connectivity index (χ4n) is 2.79. The van der Waals surface area contributed by atoms with Crippen molar-refractivity contribution >= 4 is 34.2 Å². The first-order chi connectivity index (χ1) is 11.8. The van der Waals surface area contributed by atoms with E-state index in [1.807, 2.05) is 0 Å². The number of rotatable bonds is 6. The smallest absolute Gasteiger partial charge is 0.273 e. The molecule has 2 rings (SSSR count). The SMILES string of the molecule is CNS(=O)(=O)c1cc(C(=O)N2CCCC(C(=O)NCCN)C2)c(C)o1.Cl. The first-order valence-corrected chi connectivity index (χ1v) is 9.59. The van der Waals surface area contributed by atoms with E-state index < -0.39 is 10.0 Å². The summed E-state index contributed by atoms with van der Waals surface area (Å²) in [6, 6.07) is 1.22. The third-order valence-electron chi connectivity index (χ3n) is 4.18. The van der Waals surface area contributed by atoms with E-state index in [2.05, 4.69) is 10.0 Å². The van der Waals surface area contributed by atoms with Crippen LogP contribution < -0.4 is 15.8 Å². The van der Waals surface area contributed by atoms with Crippen LogP contribution >= 0.6 is 12.4 Å². The van der Waals surface area contributed by atoms with E-state index >= 15 is 0 Å². The molecule has 0 bridgehead atoms. The van der Waals surface area contributed by atoms with Gasteiger partial charge in [0.1, 0.15) is 5.76 Å². The number of aryl methyl sites for hydroxylation is 1. The minimum absolute atomic E-state index is 0. The van der Waals surface area contributed by atoms with Crippen molar-refractivity contribution in [3.8, 4) is 0 Å². The van der Waals surface area contributed by atoms with Gasteiger partial charge in [0, 0.05) is 32.2 Å². The molecule has 0 saturated carbocycles. The monoisotopic (exact) mass is 408 g/mol. The zero-order valence-electron chi connectivity index (χ0n) is 14.8. The minimum Gasteiger partial charge on any atom is -0.448 e. The van der Waals surface area contributed by atoms with Gasteiger partial charge in [0.05, 0.1) is 11.5 Å². The number of nitrogens with two attached hydrogens (primary N) is 1. The summed E-state index contributed by atoms with van der Waals surface area (Å²) in [5.74, 6) is -0.522. The van der Waals surface area contributed by atoms with Crippen molar-refractivity contribution in [2.24, 2.45) is 11.7 Å². The van der Waals surface area contributed by atoms with Crippen molar-refractivity contribution in [1.29, 1.82) is 0 Å². The lowest BCUT2D eigenvalue weighted by atomic mass is 9.96. The van der Waals surface area contributed by atoms with Crippen molar-refractivity contribution in [3.05, 3.63) is 17.4 Å². The molecule has 1 atom stereocenters. The Hall–Kier alpha value is -1.62. The highest BCUT2D eigenvalue weighted by molar-refractivity contribution is 7.89. The average Bonchev–Trinajstić information content (AvgIpc) is 3.01. The number of hydrogen-bond donors (Lipinski definition) is 3. The highest BCUT2D eigenvalue weighted by Crippen LogP contribution is 2.24. The third kappa shape index (κ3) is 4.97. The molecule has 2 heterocycles. The van der Waals surface area contributed by atoms with Gasteiger partial charge in [0.15, 0.2) is 0 Å². The lowest BCUT2D eigenvalue weighted by Gasteiger charge is -2.32. The number of nitrogens with zero attached hydrogens (tertiary/aromatic N) is 1. The normalized spacial score (nSPS) is 17.5. The molecule has 2 amide bonds. The summed E-state index contributed by atoms with van der Waals surface area (Å²) < 4.78 is 31.0. The second-order valence-corrected chi connectivity index (χ2v) is 7.73. The fourth-order valence-corrected chi connectivity index (χ4v) is 3.49. The molecule has 0 spiro atoms. The molecule has 4 N–H and O–H groups in total. The predicted octanol–water partition coefficient (Wildman–Crippen LogP) is -0.155. The number of carbonyl (C=O) groups is 2. The van der Waals surface area contributed by atoms with Crippen molar-refractivity contribution in [2.75, 3.05) is 33.2 Å². The topological polar surface area (TPSA) is 135 Å². The molecular weight excluding hydrogens is 384 g/mol. The van der Waals surface area contributed by atoms with Crippen LogP contribution in [0, 0.1) is 12.8 Å². The second-order valence-electron chi connectivity index (χ2n) is 5.91. The molecule has 1 saturated heterocycles. The highest BCUT2D eigenvalue weighted by atomic mass is 35.5. The van der Waals surface area contributed by atoms with Crippen LogP contribution in [0.4, 0.5) is 0 Å². The Morgan fingerprint density at radius 3 is 2.73 bits per heavy atom. The number of furan rings is 1. The zero-order valence-corrected chi connectivity index (χ0v) is 16.4. The van der Waals surface area contributed by atoms with Gasteiger partial charge in [-0.25, -0.2) is 13.1 Å². The van der Waals surface area contributed by atoms with E-state index in [0.29, 0.717) is 32.5 Å². The quantitative estimate of drug-likeness (QED) is 0.598. The maximum Gasteiger partial charge on any atom is 0.273 e. The molecule has 26 heavy (non-hydrogen) atoms. The summed E-state index contributed by atoms with van der Waals surface area (Å²) in [5, 5.41) is 2.44. The lowest BCUT2D eigenvalue weighted by Crippen LogP contribution is -2.46. The van der Waals surface area contributed by atoms with E-state index in [4.69, 9.17) is 10.2 Å². The predicted molar refractivity (Wildman–Crippen MR) is 97.6 cm³/mol. The minimum atomic E-state index is -3.76. The lowest BCUT2D eigenvalue weighted by molar-refractivity contribution is -0.126. The maximum atomic E-state index is 12.7. The summed E-state index contributed by atoms with van der Waals surface area (Å²) >= 11 is 0. The zero-order chi connectivity index (χ0) is 18.6. The standard InChI is InChI=1S/C15H24N4O5S.ClH/c1-10-12(8-13(24-10)25(22,23)17-2)15(21)19-7-3-4-11(9-19)14(20)18-6-5-16;/h8,11,17H,3-7,9,16H2,1-2H3,(H,18,20);1H. The van der Waals surface area contributed by atoms with Crippen molar-refractivity contribution < 1.29 is 22.4 Å². The van der Waals surface area contributed by atoms with Gasteiger partial charge >= 0.3 is 0 Å².